The zero-order chi connectivity index (χ0) is 30.2. The van der Waals surface area contributed by atoms with E-state index in [-0.39, 0.29) is 17.0 Å². The van der Waals surface area contributed by atoms with Gasteiger partial charge in [0.05, 0.1) is 11.4 Å². The highest BCUT2D eigenvalue weighted by Gasteiger charge is 2.42. The minimum Gasteiger partial charge on any atom is -0.474 e. The highest BCUT2D eigenvalue weighted by Crippen LogP contribution is 2.42. The van der Waals surface area contributed by atoms with Gasteiger partial charge in [0, 0.05) is 29.3 Å². The Bertz CT molecular complexity index is 1400. The Kier molecular flexibility index (Phi) is 8.15. The summed E-state index contributed by atoms with van der Waals surface area (Å²) in [6, 6.07) is 19.1. The first-order valence-corrected chi connectivity index (χ1v) is 15.3. The molecule has 2 fully saturated rings. The van der Waals surface area contributed by atoms with Crippen molar-refractivity contribution in [1.82, 2.24) is 14.7 Å². The Morgan fingerprint density at radius 1 is 0.952 bits per heavy atom. The number of nitrogens with one attached hydrogen (secondary N) is 2. The third-order valence-electron chi connectivity index (χ3n) is 8.28. The molecule has 7 heteroatoms. The van der Waals surface area contributed by atoms with Gasteiger partial charge in [-0.25, -0.2) is 9.48 Å². The van der Waals surface area contributed by atoms with Gasteiger partial charge in [-0.2, -0.15) is 5.10 Å². The molecule has 5 rings (SSSR count). The van der Waals surface area contributed by atoms with Gasteiger partial charge in [-0.05, 0) is 102 Å². The number of benzene rings is 2. The number of anilines is 2. The minimum atomic E-state index is -0.293. The third kappa shape index (κ3) is 7.00. The van der Waals surface area contributed by atoms with Crippen LogP contribution in [-0.4, -0.2) is 38.4 Å². The van der Waals surface area contributed by atoms with Gasteiger partial charge in [-0.3, -0.25) is 5.32 Å². The monoisotopic (exact) mass is 569 g/mol. The molecule has 2 aliphatic rings. The van der Waals surface area contributed by atoms with Crippen LogP contribution in [0.4, 0.5) is 16.3 Å². The second kappa shape index (κ2) is 11.5. The van der Waals surface area contributed by atoms with Crippen LogP contribution in [0.25, 0.3) is 5.69 Å². The Morgan fingerprint density at radius 3 is 2.14 bits per heavy atom. The van der Waals surface area contributed by atoms with Crippen molar-refractivity contribution >= 4 is 17.5 Å². The zero-order valence-electron chi connectivity index (χ0n) is 26.3. The standard InChI is InChI=1S/C35H47N5O2/c1-23-9-15-28(16-10-23)40-32(22-31(38-40)34(3,4)5)37-33(41)36-27-13-11-25(12-14-27)19-26-20-29-17-18-30(21-26)39(29)24(2)42-35(6,7)8/h9-16,22,26,29-30H,2,17-21H2,1,3-8H3,(H2,36,37,41). The van der Waals surface area contributed by atoms with E-state index in [0.29, 0.717) is 23.8 Å². The van der Waals surface area contributed by atoms with E-state index in [0.717, 1.165) is 42.2 Å². The molecule has 0 radical (unpaired) electrons. The molecule has 3 heterocycles. The molecule has 2 aromatic carbocycles. The van der Waals surface area contributed by atoms with Crippen molar-refractivity contribution in [2.75, 3.05) is 10.6 Å². The van der Waals surface area contributed by atoms with E-state index in [1.807, 2.05) is 42.5 Å². The number of rotatable bonds is 7. The number of carbonyl (C=O) groups is 1. The molecule has 42 heavy (non-hydrogen) atoms. The van der Waals surface area contributed by atoms with Crippen LogP contribution >= 0.6 is 0 Å². The summed E-state index contributed by atoms with van der Waals surface area (Å²) in [6.45, 7) is 18.9. The van der Waals surface area contributed by atoms with Gasteiger partial charge < -0.3 is 15.0 Å². The Morgan fingerprint density at radius 2 is 1.57 bits per heavy atom. The average Bonchev–Trinajstić information content (AvgIpc) is 3.43. The van der Waals surface area contributed by atoms with Crippen LogP contribution in [-0.2, 0) is 16.6 Å². The fourth-order valence-electron chi connectivity index (χ4n) is 6.33. The molecular weight excluding hydrogens is 522 g/mol. The molecule has 2 amide bonds. The van der Waals surface area contributed by atoms with Crippen LogP contribution < -0.4 is 10.6 Å². The molecule has 2 N–H and O–H groups in total. The largest absolute Gasteiger partial charge is 0.474 e. The first-order chi connectivity index (χ1) is 19.7. The fourth-order valence-corrected chi connectivity index (χ4v) is 6.33. The summed E-state index contributed by atoms with van der Waals surface area (Å²) in [4.78, 5) is 15.5. The van der Waals surface area contributed by atoms with Gasteiger partial charge in [-0.15, -0.1) is 0 Å². The van der Waals surface area contributed by atoms with Crippen molar-refractivity contribution in [3.63, 3.8) is 0 Å². The van der Waals surface area contributed by atoms with Crippen LogP contribution in [0, 0.1) is 12.8 Å². The maximum atomic E-state index is 13.0. The van der Waals surface area contributed by atoms with E-state index in [9.17, 15) is 4.79 Å². The Balaban J connectivity index is 1.19. The van der Waals surface area contributed by atoms with Gasteiger partial charge >= 0.3 is 6.03 Å². The lowest BCUT2D eigenvalue weighted by Crippen LogP contribution is -2.44. The van der Waals surface area contributed by atoms with Crippen molar-refractivity contribution in [3.8, 4) is 5.69 Å². The van der Waals surface area contributed by atoms with E-state index >= 15 is 0 Å². The van der Waals surface area contributed by atoms with Crippen molar-refractivity contribution in [2.24, 2.45) is 5.92 Å². The molecule has 0 aliphatic carbocycles. The quantitative estimate of drug-likeness (QED) is 0.281. The average molecular weight is 570 g/mol. The zero-order valence-corrected chi connectivity index (χ0v) is 26.3. The smallest absolute Gasteiger partial charge is 0.324 e. The van der Waals surface area contributed by atoms with Crippen LogP contribution in [0.2, 0.25) is 0 Å². The molecule has 2 aliphatic heterocycles. The van der Waals surface area contributed by atoms with Crippen molar-refractivity contribution in [3.05, 3.63) is 83.9 Å². The number of carbonyl (C=O) groups excluding carboxylic acids is 1. The number of urea groups is 1. The summed E-state index contributed by atoms with van der Waals surface area (Å²) < 4.78 is 7.93. The van der Waals surface area contributed by atoms with Gasteiger partial charge in [0.2, 0.25) is 0 Å². The SMILES string of the molecule is C=C(OC(C)(C)C)N1C2CCC1CC(Cc1ccc(NC(=O)Nc3cc(C(C)(C)C)nn3-c3ccc(C)cc3)cc1)C2. The summed E-state index contributed by atoms with van der Waals surface area (Å²) in [7, 11) is 0. The number of amides is 2. The number of fused-ring (bicyclic) bond motifs is 2. The van der Waals surface area contributed by atoms with E-state index < -0.39 is 0 Å². The molecule has 7 nitrogen and oxygen atoms in total. The molecule has 1 aromatic heterocycles. The molecule has 3 aromatic rings. The number of aryl methyl sites for hydroxylation is 1. The maximum absolute atomic E-state index is 13.0. The molecule has 2 atom stereocenters. The van der Waals surface area contributed by atoms with Crippen LogP contribution in [0.3, 0.4) is 0 Å². The maximum Gasteiger partial charge on any atom is 0.324 e. The number of nitrogens with zero attached hydrogens (tertiary/aromatic N) is 3. The molecule has 0 saturated carbocycles. The summed E-state index contributed by atoms with van der Waals surface area (Å²) in [5.74, 6) is 2.11. The lowest BCUT2D eigenvalue weighted by Gasteiger charge is -2.42. The number of aromatic nitrogens is 2. The first-order valence-electron chi connectivity index (χ1n) is 15.3. The second-order valence-corrected chi connectivity index (χ2v) is 14.1. The predicted octanol–water partition coefficient (Wildman–Crippen LogP) is 8.19. The van der Waals surface area contributed by atoms with Crippen molar-refractivity contribution < 1.29 is 9.53 Å². The topological polar surface area (TPSA) is 71.4 Å². The van der Waals surface area contributed by atoms with Crippen LogP contribution in [0.15, 0.2) is 67.1 Å². The Labute approximate surface area is 251 Å². The van der Waals surface area contributed by atoms with E-state index in [2.05, 4.69) is 82.7 Å². The minimum absolute atomic E-state index is 0.150. The van der Waals surface area contributed by atoms with Crippen molar-refractivity contribution in [1.29, 1.82) is 0 Å². The van der Waals surface area contributed by atoms with Crippen LogP contribution in [0.1, 0.15) is 84.0 Å². The lowest BCUT2D eigenvalue weighted by molar-refractivity contribution is -0.0258. The van der Waals surface area contributed by atoms with E-state index in [4.69, 9.17) is 9.84 Å². The van der Waals surface area contributed by atoms with Gasteiger partial charge in [-0.1, -0.05) is 50.6 Å². The summed E-state index contributed by atoms with van der Waals surface area (Å²) in [6.07, 6.45) is 5.80. The molecule has 2 saturated heterocycles. The van der Waals surface area contributed by atoms with Crippen LogP contribution in [0.5, 0.6) is 0 Å². The van der Waals surface area contributed by atoms with E-state index in [1.54, 1.807) is 4.68 Å². The fraction of sp³-hybridized carbons (Fsp3) is 0.486. The summed E-state index contributed by atoms with van der Waals surface area (Å²) in [5.41, 5.74) is 4.68. The number of hydrogen-bond donors (Lipinski definition) is 2. The van der Waals surface area contributed by atoms with E-state index in [1.165, 1.54) is 24.0 Å². The highest BCUT2D eigenvalue weighted by atomic mass is 16.5. The Hall–Kier alpha value is -3.74. The molecule has 2 bridgehead atoms. The second-order valence-electron chi connectivity index (χ2n) is 14.1. The van der Waals surface area contributed by atoms with Crippen molar-refractivity contribution in [2.45, 2.75) is 104 Å². The van der Waals surface area contributed by atoms with Gasteiger partial charge in [0.1, 0.15) is 11.4 Å². The number of piperidine rings is 1. The highest BCUT2D eigenvalue weighted by molar-refractivity contribution is 5.99. The molecule has 224 valence electrons. The summed E-state index contributed by atoms with van der Waals surface area (Å²) in [5, 5.41) is 10.8. The predicted molar refractivity (Wildman–Crippen MR) is 171 cm³/mol. The number of hydrogen-bond acceptors (Lipinski definition) is 4. The lowest BCUT2D eigenvalue weighted by atomic mass is 9.86. The summed E-state index contributed by atoms with van der Waals surface area (Å²) >= 11 is 0. The number of ether oxygens (including phenoxy) is 1. The molecular formula is C35H47N5O2. The van der Waals surface area contributed by atoms with Gasteiger partial charge in [0.15, 0.2) is 5.88 Å². The first kappa shape index (κ1) is 29.7. The molecule has 0 spiro atoms. The molecule has 2 unspecified atom stereocenters. The normalized spacial score (nSPS) is 20.4. The van der Waals surface area contributed by atoms with Gasteiger partial charge in [0.25, 0.3) is 0 Å². The third-order valence-corrected chi connectivity index (χ3v) is 8.28.